The van der Waals surface area contributed by atoms with E-state index in [0.717, 1.165) is 29.7 Å². The zero-order chi connectivity index (χ0) is 24.3. The van der Waals surface area contributed by atoms with Crippen LogP contribution in [-0.2, 0) is 26.6 Å². The normalized spacial score (nSPS) is 14.8. The zero-order valence-electron chi connectivity index (χ0n) is 19.9. The third-order valence-corrected chi connectivity index (χ3v) is 7.73. The number of anilines is 1. The van der Waals surface area contributed by atoms with E-state index in [1.807, 2.05) is 18.2 Å². The summed E-state index contributed by atoms with van der Waals surface area (Å²) in [5.41, 5.74) is 2.85. The highest BCUT2D eigenvalue weighted by Crippen LogP contribution is 2.32. The summed E-state index contributed by atoms with van der Waals surface area (Å²) in [6.45, 7) is 8.70. The van der Waals surface area contributed by atoms with Crippen molar-refractivity contribution in [1.82, 2.24) is 8.87 Å². The number of hydrogen-bond acceptors (Lipinski definition) is 5. The van der Waals surface area contributed by atoms with E-state index in [1.54, 1.807) is 7.05 Å². The van der Waals surface area contributed by atoms with E-state index < -0.39 is 28.5 Å². The SMILES string of the molecule is CC(C)c1cccc(C(C)C)c1NC(=O)COC(=O)c1cc(S(=O)(=O)N2CCCC2)cn1C. The van der Waals surface area contributed by atoms with Crippen molar-refractivity contribution in [1.29, 1.82) is 0 Å². The minimum atomic E-state index is -3.65. The van der Waals surface area contributed by atoms with Crippen LogP contribution in [0.4, 0.5) is 5.69 Å². The van der Waals surface area contributed by atoms with Gasteiger partial charge in [-0.1, -0.05) is 45.9 Å². The number of nitrogens with zero attached hydrogens (tertiary/aromatic N) is 2. The fourth-order valence-electron chi connectivity index (χ4n) is 4.03. The summed E-state index contributed by atoms with van der Waals surface area (Å²) in [5.74, 6) is -0.781. The number of amides is 1. The molecule has 2 heterocycles. The Morgan fingerprint density at radius 3 is 2.18 bits per heavy atom. The number of esters is 1. The van der Waals surface area contributed by atoms with Gasteiger partial charge in [0.1, 0.15) is 10.6 Å². The molecule has 2 aromatic rings. The molecule has 0 saturated carbocycles. The highest BCUT2D eigenvalue weighted by atomic mass is 32.2. The molecule has 0 atom stereocenters. The number of carbonyl (C=O) groups is 2. The van der Waals surface area contributed by atoms with Crippen molar-refractivity contribution in [3.05, 3.63) is 47.3 Å². The van der Waals surface area contributed by atoms with Gasteiger partial charge in [0.25, 0.3) is 5.91 Å². The van der Waals surface area contributed by atoms with Gasteiger partial charge in [-0.2, -0.15) is 4.31 Å². The van der Waals surface area contributed by atoms with Crippen LogP contribution in [-0.4, -0.2) is 48.9 Å². The quantitative estimate of drug-likeness (QED) is 0.585. The predicted molar refractivity (Wildman–Crippen MR) is 127 cm³/mol. The molecule has 180 valence electrons. The first kappa shape index (κ1) is 25.0. The highest BCUT2D eigenvalue weighted by Gasteiger charge is 2.30. The zero-order valence-corrected chi connectivity index (χ0v) is 20.7. The lowest BCUT2D eigenvalue weighted by atomic mass is 9.92. The molecule has 3 rings (SSSR count). The number of hydrogen-bond donors (Lipinski definition) is 1. The van der Waals surface area contributed by atoms with Crippen LogP contribution in [0.5, 0.6) is 0 Å². The van der Waals surface area contributed by atoms with Gasteiger partial charge >= 0.3 is 5.97 Å². The van der Waals surface area contributed by atoms with Crippen LogP contribution in [0, 0.1) is 0 Å². The standard InChI is InChI=1S/C24H33N3O5S/c1-16(2)19-9-8-10-20(17(3)4)23(19)25-22(28)15-32-24(29)21-13-18(14-26(21)5)33(30,31)27-11-6-7-12-27/h8-10,13-14,16-17H,6-7,11-12,15H2,1-5H3,(H,25,28). The molecule has 33 heavy (non-hydrogen) atoms. The number of carbonyl (C=O) groups excluding carboxylic acids is 2. The maximum atomic E-state index is 12.8. The number of aryl methyl sites for hydroxylation is 1. The van der Waals surface area contributed by atoms with Crippen LogP contribution >= 0.6 is 0 Å². The highest BCUT2D eigenvalue weighted by molar-refractivity contribution is 7.89. The fourth-order valence-corrected chi connectivity index (χ4v) is 5.62. The second-order valence-electron chi connectivity index (χ2n) is 9.03. The number of nitrogens with one attached hydrogen (secondary N) is 1. The molecule has 1 amide bonds. The first-order valence-corrected chi connectivity index (χ1v) is 12.7. The maximum absolute atomic E-state index is 12.8. The van der Waals surface area contributed by atoms with E-state index in [1.165, 1.54) is 21.1 Å². The molecule has 1 N–H and O–H groups in total. The molecule has 1 aromatic heterocycles. The number of benzene rings is 1. The van der Waals surface area contributed by atoms with Gasteiger partial charge in [-0.15, -0.1) is 0 Å². The second-order valence-corrected chi connectivity index (χ2v) is 11.0. The van der Waals surface area contributed by atoms with Crippen molar-refractivity contribution >= 4 is 27.6 Å². The summed E-state index contributed by atoms with van der Waals surface area (Å²) in [7, 11) is -2.07. The van der Waals surface area contributed by atoms with E-state index in [9.17, 15) is 18.0 Å². The van der Waals surface area contributed by atoms with Crippen molar-refractivity contribution < 1.29 is 22.7 Å². The monoisotopic (exact) mass is 475 g/mol. The van der Waals surface area contributed by atoms with Gasteiger partial charge in [-0.25, -0.2) is 13.2 Å². The van der Waals surface area contributed by atoms with Gasteiger partial charge < -0.3 is 14.6 Å². The van der Waals surface area contributed by atoms with Gasteiger partial charge in [0, 0.05) is 32.0 Å². The molecule has 0 radical (unpaired) electrons. The van der Waals surface area contributed by atoms with Crippen molar-refractivity contribution in [3.63, 3.8) is 0 Å². The maximum Gasteiger partial charge on any atom is 0.355 e. The molecule has 8 nitrogen and oxygen atoms in total. The Morgan fingerprint density at radius 1 is 1.06 bits per heavy atom. The van der Waals surface area contributed by atoms with Crippen LogP contribution in [0.3, 0.4) is 0 Å². The fraction of sp³-hybridized carbons (Fsp3) is 0.500. The van der Waals surface area contributed by atoms with Crippen LogP contribution in [0.25, 0.3) is 0 Å². The average molecular weight is 476 g/mol. The molecule has 1 aromatic carbocycles. The second kappa shape index (κ2) is 10.1. The summed E-state index contributed by atoms with van der Waals surface area (Å²) in [5, 5.41) is 2.90. The Labute approximate surface area is 196 Å². The Morgan fingerprint density at radius 2 is 1.64 bits per heavy atom. The summed E-state index contributed by atoms with van der Waals surface area (Å²) < 4.78 is 33.6. The third kappa shape index (κ3) is 5.47. The molecule has 0 bridgehead atoms. The van der Waals surface area contributed by atoms with Crippen LogP contribution in [0.1, 0.15) is 74.0 Å². The summed E-state index contributed by atoms with van der Waals surface area (Å²) in [6, 6.07) is 7.23. The Balaban J connectivity index is 1.70. The summed E-state index contributed by atoms with van der Waals surface area (Å²) in [4.78, 5) is 25.3. The largest absolute Gasteiger partial charge is 0.451 e. The van der Waals surface area contributed by atoms with Crippen LogP contribution in [0.2, 0.25) is 0 Å². The van der Waals surface area contributed by atoms with Gasteiger partial charge in [0.05, 0.1) is 0 Å². The molecule has 9 heteroatoms. The van der Waals surface area contributed by atoms with E-state index in [0.29, 0.717) is 13.1 Å². The molecule has 1 saturated heterocycles. The molecular formula is C24H33N3O5S. The average Bonchev–Trinajstić information content (AvgIpc) is 3.42. The van der Waals surface area contributed by atoms with Crippen molar-refractivity contribution in [3.8, 4) is 0 Å². The molecule has 0 spiro atoms. The minimum absolute atomic E-state index is 0.0516. The summed E-state index contributed by atoms with van der Waals surface area (Å²) >= 11 is 0. The lowest BCUT2D eigenvalue weighted by Crippen LogP contribution is -2.27. The Hall–Kier alpha value is -2.65. The first-order chi connectivity index (χ1) is 15.5. The van der Waals surface area contributed by atoms with Crippen molar-refractivity contribution in [2.24, 2.45) is 7.05 Å². The van der Waals surface area contributed by atoms with E-state index in [2.05, 4.69) is 33.0 Å². The number of sulfonamides is 1. The molecule has 0 unspecified atom stereocenters. The van der Waals surface area contributed by atoms with Crippen molar-refractivity contribution in [2.75, 3.05) is 25.0 Å². The van der Waals surface area contributed by atoms with Gasteiger partial charge in [-0.3, -0.25) is 4.79 Å². The van der Waals surface area contributed by atoms with Crippen molar-refractivity contribution in [2.45, 2.75) is 57.3 Å². The minimum Gasteiger partial charge on any atom is -0.451 e. The van der Waals surface area contributed by atoms with Gasteiger partial charge in [-0.05, 0) is 41.9 Å². The number of para-hydroxylation sites is 1. The number of rotatable bonds is 8. The van der Waals surface area contributed by atoms with Crippen LogP contribution in [0.15, 0.2) is 35.4 Å². The lowest BCUT2D eigenvalue weighted by Gasteiger charge is -2.20. The number of ether oxygens (including phenoxy) is 1. The van der Waals surface area contributed by atoms with Crippen LogP contribution < -0.4 is 5.32 Å². The number of aromatic nitrogens is 1. The molecule has 0 aliphatic carbocycles. The lowest BCUT2D eigenvalue weighted by molar-refractivity contribution is -0.119. The molecule has 1 fully saturated rings. The molecule has 1 aliphatic rings. The van der Waals surface area contributed by atoms with E-state index in [-0.39, 0.29) is 22.4 Å². The molecule has 1 aliphatic heterocycles. The topological polar surface area (TPSA) is 97.7 Å². The Bertz CT molecular complexity index is 1100. The van der Waals surface area contributed by atoms with E-state index in [4.69, 9.17) is 4.74 Å². The third-order valence-electron chi connectivity index (χ3n) is 5.86. The first-order valence-electron chi connectivity index (χ1n) is 11.3. The Kier molecular flexibility index (Phi) is 7.64. The van der Waals surface area contributed by atoms with Gasteiger partial charge in [0.2, 0.25) is 10.0 Å². The smallest absolute Gasteiger partial charge is 0.355 e. The molecular weight excluding hydrogens is 442 g/mol. The summed E-state index contributed by atoms with van der Waals surface area (Å²) in [6.07, 6.45) is 3.06. The predicted octanol–water partition coefficient (Wildman–Crippen LogP) is 3.85. The van der Waals surface area contributed by atoms with E-state index >= 15 is 0 Å². The van der Waals surface area contributed by atoms with Gasteiger partial charge in [0.15, 0.2) is 6.61 Å².